The van der Waals surface area contributed by atoms with E-state index in [-0.39, 0.29) is 0 Å². The van der Waals surface area contributed by atoms with Gasteiger partial charge in [-0.05, 0) is 28.1 Å². The van der Waals surface area contributed by atoms with Gasteiger partial charge in [0, 0.05) is 22.2 Å². The molecule has 0 amide bonds. The van der Waals surface area contributed by atoms with Crippen LogP contribution in [0.5, 0.6) is 11.5 Å². The first-order chi connectivity index (χ1) is 7.58. The van der Waals surface area contributed by atoms with Crippen molar-refractivity contribution >= 4 is 28.0 Å². The second kappa shape index (κ2) is 5.55. The Morgan fingerprint density at radius 2 is 2.06 bits per heavy atom. The smallest absolute Gasteiger partial charge is 0.328 e. The first kappa shape index (κ1) is 12.6. The Bertz CT molecular complexity index is 426. The lowest BCUT2D eigenvalue weighted by Crippen LogP contribution is -1.92. The third kappa shape index (κ3) is 3.00. The first-order valence-corrected chi connectivity index (χ1v) is 5.20. The summed E-state index contributed by atoms with van der Waals surface area (Å²) in [5.41, 5.74) is 0.658. The molecule has 1 aromatic carbocycles. The third-order valence-corrected chi connectivity index (χ3v) is 2.57. The number of hydrogen-bond donors (Lipinski definition) is 1. The number of ether oxygens (including phenoxy) is 2. The van der Waals surface area contributed by atoms with E-state index in [1.165, 1.54) is 13.2 Å². The predicted octanol–water partition coefficient (Wildman–Crippen LogP) is 2.56. The van der Waals surface area contributed by atoms with Gasteiger partial charge in [0.1, 0.15) is 11.5 Å². The molecule has 0 saturated heterocycles. The Hall–Kier alpha value is -1.49. The molecule has 5 heteroatoms. The molecule has 0 aliphatic rings. The molecule has 0 radical (unpaired) electrons. The number of carbonyl (C=O) groups is 1. The first-order valence-electron chi connectivity index (χ1n) is 4.41. The SMILES string of the molecule is COc1cc(Br)c(/C=C/C(=O)O)c(OC)c1. The number of hydrogen-bond acceptors (Lipinski definition) is 3. The Labute approximate surface area is 102 Å². The van der Waals surface area contributed by atoms with Crippen LogP contribution in [0, 0.1) is 0 Å². The number of aliphatic carboxylic acids is 1. The standard InChI is InChI=1S/C11H11BrO4/c1-15-7-5-9(12)8(3-4-11(13)14)10(6-7)16-2/h3-6H,1-2H3,(H,13,14)/b4-3+. The van der Waals surface area contributed by atoms with E-state index in [1.807, 2.05) is 0 Å². The van der Waals surface area contributed by atoms with E-state index >= 15 is 0 Å². The van der Waals surface area contributed by atoms with Gasteiger partial charge in [-0.1, -0.05) is 0 Å². The fourth-order valence-electron chi connectivity index (χ4n) is 1.17. The molecule has 16 heavy (non-hydrogen) atoms. The number of methoxy groups -OCH3 is 2. The van der Waals surface area contributed by atoms with Crippen LogP contribution in [0.15, 0.2) is 22.7 Å². The average Bonchev–Trinajstić information content (AvgIpc) is 2.26. The molecule has 0 aromatic heterocycles. The quantitative estimate of drug-likeness (QED) is 0.865. The van der Waals surface area contributed by atoms with Gasteiger partial charge in [-0.3, -0.25) is 0 Å². The van der Waals surface area contributed by atoms with Gasteiger partial charge in [-0.2, -0.15) is 0 Å². The number of halogens is 1. The molecule has 0 aliphatic heterocycles. The highest BCUT2D eigenvalue weighted by Gasteiger charge is 2.08. The summed E-state index contributed by atoms with van der Waals surface area (Å²) < 4.78 is 10.9. The second-order valence-corrected chi connectivity index (χ2v) is 3.75. The van der Waals surface area contributed by atoms with Gasteiger partial charge in [0.05, 0.1) is 14.2 Å². The molecule has 1 N–H and O–H groups in total. The molecule has 0 bridgehead atoms. The van der Waals surface area contributed by atoms with Crippen molar-refractivity contribution in [1.82, 2.24) is 0 Å². The minimum atomic E-state index is -1.01. The van der Waals surface area contributed by atoms with Crippen LogP contribution in [0.4, 0.5) is 0 Å². The number of carboxylic acids is 1. The van der Waals surface area contributed by atoms with Crippen molar-refractivity contribution in [1.29, 1.82) is 0 Å². The van der Waals surface area contributed by atoms with E-state index in [2.05, 4.69) is 15.9 Å². The molecule has 0 saturated carbocycles. The summed E-state index contributed by atoms with van der Waals surface area (Å²) in [5, 5.41) is 8.56. The lowest BCUT2D eigenvalue weighted by molar-refractivity contribution is -0.131. The van der Waals surface area contributed by atoms with Crippen molar-refractivity contribution in [3.8, 4) is 11.5 Å². The minimum Gasteiger partial charge on any atom is -0.497 e. The topological polar surface area (TPSA) is 55.8 Å². The van der Waals surface area contributed by atoms with Gasteiger partial charge >= 0.3 is 5.97 Å². The van der Waals surface area contributed by atoms with Crippen LogP contribution in [-0.2, 0) is 4.79 Å². The normalized spacial score (nSPS) is 10.4. The van der Waals surface area contributed by atoms with Crippen LogP contribution < -0.4 is 9.47 Å². The molecule has 0 heterocycles. The maximum Gasteiger partial charge on any atom is 0.328 e. The molecule has 0 spiro atoms. The molecule has 4 nitrogen and oxygen atoms in total. The summed E-state index contributed by atoms with van der Waals surface area (Å²) in [4.78, 5) is 10.4. The third-order valence-electron chi connectivity index (χ3n) is 1.91. The number of rotatable bonds is 4. The summed E-state index contributed by atoms with van der Waals surface area (Å²) in [6, 6.07) is 3.43. The van der Waals surface area contributed by atoms with Crippen molar-refractivity contribution in [2.45, 2.75) is 0 Å². The molecule has 0 aliphatic carbocycles. The Morgan fingerprint density at radius 3 is 2.56 bits per heavy atom. The van der Waals surface area contributed by atoms with Crippen molar-refractivity contribution in [3.63, 3.8) is 0 Å². The van der Waals surface area contributed by atoms with E-state index in [0.29, 0.717) is 21.5 Å². The zero-order valence-corrected chi connectivity index (χ0v) is 10.4. The highest BCUT2D eigenvalue weighted by atomic mass is 79.9. The Balaban J connectivity index is 3.21. The van der Waals surface area contributed by atoms with E-state index < -0.39 is 5.97 Å². The zero-order chi connectivity index (χ0) is 12.1. The van der Waals surface area contributed by atoms with Crippen molar-refractivity contribution in [2.24, 2.45) is 0 Å². The highest BCUT2D eigenvalue weighted by molar-refractivity contribution is 9.10. The van der Waals surface area contributed by atoms with Crippen LogP contribution in [0.1, 0.15) is 5.56 Å². The lowest BCUT2D eigenvalue weighted by Gasteiger charge is -2.09. The van der Waals surface area contributed by atoms with Crippen molar-refractivity contribution in [2.75, 3.05) is 14.2 Å². The van der Waals surface area contributed by atoms with Gasteiger partial charge in [0.25, 0.3) is 0 Å². The molecule has 86 valence electrons. The monoisotopic (exact) mass is 286 g/mol. The number of benzene rings is 1. The largest absolute Gasteiger partial charge is 0.497 e. The van der Waals surface area contributed by atoms with E-state index in [4.69, 9.17) is 14.6 Å². The van der Waals surface area contributed by atoms with Gasteiger partial charge < -0.3 is 14.6 Å². The van der Waals surface area contributed by atoms with Gasteiger partial charge in [-0.25, -0.2) is 4.79 Å². The number of carboxylic acid groups (broad SMARTS) is 1. The van der Waals surface area contributed by atoms with Crippen molar-refractivity contribution < 1.29 is 19.4 Å². The second-order valence-electron chi connectivity index (χ2n) is 2.90. The van der Waals surface area contributed by atoms with Gasteiger partial charge in [-0.15, -0.1) is 0 Å². The predicted molar refractivity (Wildman–Crippen MR) is 63.9 cm³/mol. The molecule has 1 rings (SSSR count). The maximum absolute atomic E-state index is 10.4. The van der Waals surface area contributed by atoms with Crippen molar-refractivity contribution in [3.05, 3.63) is 28.2 Å². The zero-order valence-electron chi connectivity index (χ0n) is 8.86. The molecular formula is C11H11BrO4. The molecule has 0 unspecified atom stereocenters. The Morgan fingerprint density at radius 1 is 1.38 bits per heavy atom. The average molecular weight is 287 g/mol. The summed E-state index contributed by atoms with van der Waals surface area (Å²) in [5.74, 6) is 0.171. The van der Waals surface area contributed by atoms with Crippen LogP contribution in [0.25, 0.3) is 6.08 Å². The highest BCUT2D eigenvalue weighted by Crippen LogP contribution is 2.33. The fraction of sp³-hybridized carbons (Fsp3) is 0.182. The Kier molecular flexibility index (Phi) is 4.37. The molecule has 0 atom stereocenters. The van der Waals surface area contributed by atoms with Crippen LogP contribution in [-0.4, -0.2) is 25.3 Å². The summed E-state index contributed by atoms with van der Waals surface area (Å²) in [6.07, 6.45) is 2.51. The maximum atomic E-state index is 10.4. The summed E-state index contributed by atoms with van der Waals surface area (Å²) >= 11 is 3.33. The van der Waals surface area contributed by atoms with Gasteiger partial charge in [0.15, 0.2) is 0 Å². The van der Waals surface area contributed by atoms with Crippen LogP contribution >= 0.6 is 15.9 Å². The minimum absolute atomic E-state index is 0.545. The van der Waals surface area contributed by atoms with E-state index in [1.54, 1.807) is 19.2 Å². The summed E-state index contributed by atoms with van der Waals surface area (Å²) in [7, 11) is 3.06. The van der Waals surface area contributed by atoms with E-state index in [9.17, 15) is 4.79 Å². The van der Waals surface area contributed by atoms with Crippen LogP contribution in [0.2, 0.25) is 0 Å². The van der Waals surface area contributed by atoms with Gasteiger partial charge in [0.2, 0.25) is 0 Å². The lowest BCUT2D eigenvalue weighted by atomic mass is 10.1. The fourth-order valence-corrected chi connectivity index (χ4v) is 1.73. The molecule has 0 fully saturated rings. The molecule has 1 aromatic rings. The van der Waals surface area contributed by atoms with Crippen LogP contribution in [0.3, 0.4) is 0 Å². The summed E-state index contributed by atoms with van der Waals surface area (Å²) in [6.45, 7) is 0. The molecular weight excluding hydrogens is 276 g/mol. The van der Waals surface area contributed by atoms with E-state index in [0.717, 1.165) is 6.08 Å².